The number of carbonyl (C=O) groups excluding carboxylic acids is 3. The van der Waals surface area contributed by atoms with Gasteiger partial charge in [-0.25, -0.2) is 9.78 Å². The summed E-state index contributed by atoms with van der Waals surface area (Å²) in [5.74, 6) is -1.50. The van der Waals surface area contributed by atoms with E-state index in [9.17, 15) is 14.4 Å². The second-order valence-corrected chi connectivity index (χ2v) is 5.81. The van der Waals surface area contributed by atoms with Crippen LogP contribution >= 0.6 is 11.6 Å². The number of fused-ring (bicyclic) bond motifs is 1. The van der Waals surface area contributed by atoms with Crippen molar-refractivity contribution in [2.24, 2.45) is 0 Å². The molecule has 3 rings (SSSR count). The first-order valence-corrected chi connectivity index (χ1v) is 7.60. The van der Waals surface area contributed by atoms with Crippen LogP contribution < -0.4 is 5.32 Å². The molecule has 1 aromatic carbocycles. The van der Waals surface area contributed by atoms with Crippen LogP contribution in [0, 0.1) is 0 Å². The zero-order valence-electron chi connectivity index (χ0n) is 12.7. The van der Waals surface area contributed by atoms with E-state index in [0.29, 0.717) is 16.3 Å². The molecule has 1 N–H and O–H groups in total. The molecule has 0 aliphatic carbocycles. The summed E-state index contributed by atoms with van der Waals surface area (Å²) < 4.78 is 4.97. The monoisotopic (exact) mass is 344 g/mol. The lowest BCUT2D eigenvalue weighted by Crippen LogP contribution is -2.15. The summed E-state index contributed by atoms with van der Waals surface area (Å²) in [6, 6.07) is 7.80. The number of amides is 1. The van der Waals surface area contributed by atoms with E-state index in [2.05, 4.69) is 10.3 Å². The van der Waals surface area contributed by atoms with Gasteiger partial charge >= 0.3 is 5.97 Å². The molecule has 1 aliphatic rings. The number of nitrogens with one attached hydrogen (secondary N) is 1. The summed E-state index contributed by atoms with van der Waals surface area (Å²) in [5, 5.41) is 3.09. The average molecular weight is 345 g/mol. The van der Waals surface area contributed by atoms with Gasteiger partial charge in [-0.3, -0.25) is 9.59 Å². The Morgan fingerprint density at radius 2 is 2.08 bits per heavy atom. The number of aromatic nitrogens is 1. The van der Waals surface area contributed by atoms with Crippen molar-refractivity contribution in [3.8, 4) is 0 Å². The highest BCUT2D eigenvalue weighted by atomic mass is 35.5. The number of esters is 1. The first-order chi connectivity index (χ1) is 11.5. The first kappa shape index (κ1) is 16.1. The number of hydrogen-bond acceptors (Lipinski definition) is 5. The Bertz CT molecular complexity index is 850. The topological polar surface area (TPSA) is 85.4 Å². The molecule has 1 aliphatic heterocycles. The van der Waals surface area contributed by atoms with E-state index >= 15 is 0 Å². The van der Waals surface area contributed by atoms with Crippen LogP contribution in [-0.4, -0.2) is 29.3 Å². The maximum atomic E-state index is 12.2. The fraction of sp³-hybridized carbons (Fsp3) is 0.176. The second-order valence-electron chi connectivity index (χ2n) is 5.37. The fourth-order valence-corrected chi connectivity index (χ4v) is 2.55. The number of carbonyl (C=O) groups is 3. The summed E-state index contributed by atoms with van der Waals surface area (Å²) in [6.45, 7) is 1.35. The Morgan fingerprint density at radius 3 is 2.83 bits per heavy atom. The molecule has 122 valence electrons. The fourth-order valence-electron chi connectivity index (χ4n) is 2.40. The number of nitrogens with zero attached hydrogens (tertiary/aromatic N) is 1. The molecule has 1 atom stereocenters. The minimum absolute atomic E-state index is 0.0349. The number of Topliss-reactive ketones (excluding diaryl/α,β-unsaturated/α-hetero) is 1. The predicted molar refractivity (Wildman–Crippen MR) is 87.3 cm³/mol. The highest BCUT2D eigenvalue weighted by Gasteiger charge is 2.27. The number of rotatable bonds is 4. The highest BCUT2D eigenvalue weighted by molar-refractivity contribution is 6.30. The van der Waals surface area contributed by atoms with Gasteiger partial charge in [-0.05, 0) is 42.8 Å². The van der Waals surface area contributed by atoms with Gasteiger partial charge in [0.2, 0.25) is 5.91 Å². The summed E-state index contributed by atoms with van der Waals surface area (Å²) in [5.41, 5.74) is 1.87. The lowest BCUT2D eigenvalue weighted by molar-refractivity contribution is -0.116. The van der Waals surface area contributed by atoms with E-state index in [-0.39, 0.29) is 23.3 Å². The molecule has 1 aromatic heterocycles. The van der Waals surface area contributed by atoms with Gasteiger partial charge in [0.15, 0.2) is 12.4 Å². The molecule has 0 radical (unpaired) electrons. The molecular weight excluding hydrogens is 332 g/mol. The maximum Gasteiger partial charge on any atom is 0.357 e. The van der Waals surface area contributed by atoms with Crippen molar-refractivity contribution in [2.75, 3.05) is 11.9 Å². The van der Waals surface area contributed by atoms with E-state index in [1.807, 2.05) is 0 Å². The van der Waals surface area contributed by atoms with Gasteiger partial charge in [-0.2, -0.15) is 0 Å². The number of ether oxygens (including phenoxy) is 1. The summed E-state index contributed by atoms with van der Waals surface area (Å²) in [6.07, 6.45) is 1.38. The smallest absolute Gasteiger partial charge is 0.357 e. The molecule has 1 amide bonds. The van der Waals surface area contributed by atoms with Crippen LogP contribution in [0.15, 0.2) is 36.5 Å². The standard InChI is InChI=1S/C17H13ClN2O4/c1-9-12-6-10(2-3-13(12)20-16(9)22)15(21)8-24-17(23)14-7-11(18)4-5-19-14/h2-7,9H,8H2,1H3,(H,20,22)/t9-/m0/s1. The van der Waals surface area contributed by atoms with E-state index in [1.54, 1.807) is 25.1 Å². The molecule has 0 unspecified atom stereocenters. The third-order valence-corrected chi connectivity index (χ3v) is 3.99. The van der Waals surface area contributed by atoms with Crippen molar-refractivity contribution in [2.45, 2.75) is 12.8 Å². The van der Waals surface area contributed by atoms with Gasteiger partial charge in [0.25, 0.3) is 0 Å². The SMILES string of the molecule is C[C@@H]1C(=O)Nc2ccc(C(=O)COC(=O)c3cc(Cl)ccn3)cc21. The van der Waals surface area contributed by atoms with Crippen molar-refractivity contribution in [1.82, 2.24) is 4.98 Å². The molecule has 0 saturated heterocycles. The molecule has 0 bridgehead atoms. The van der Waals surface area contributed by atoms with Crippen LogP contribution in [0.25, 0.3) is 0 Å². The number of hydrogen-bond donors (Lipinski definition) is 1. The van der Waals surface area contributed by atoms with Gasteiger partial charge < -0.3 is 10.1 Å². The van der Waals surface area contributed by atoms with Crippen LogP contribution in [-0.2, 0) is 9.53 Å². The summed E-state index contributed by atoms with van der Waals surface area (Å²) in [7, 11) is 0. The molecular formula is C17H13ClN2O4. The zero-order chi connectivity index (χ0) is 17.3. The lowest BCUT2D eigenvalue weighted by atomic mass is 9.99. The molecule has 6 nitrogen and oxygen atoms in total. The molecule has 2 aromatic rings. The number of halogens is 1. The average Bonchev–Trinajstić information content (AvgIpc) is 2.86. The van der Waals surface area contributed by atoms with Gasteiger partial charge in [-0.15, -0.1) is 0 Å². The molecule has 0 saturated carbocycles. The van der Waals surface area contributed by atoms with E-state index < -0.39 is 12.6 Å². The van der Waals surface area contributed by atoms with Crippen molar-refractivity contribution in [3.63, 3.8) is 0 Å². The van der Waals surface area contributed by atoms with Gasteiger partial charge in [0.1, 0.15) is 5.69 Å². The van der Waals surface area contributed by atoms with E-state index in [4.69, 9.17) is 16.3 Å². The summed E-state index contributed by atoms with van der Waals surface area (Å²) >= 11 is 5.78. The van der Waals surface area contributed by atoms with E-state index in [0.717, 1.165) is 5.56 Å². The Labute approximate surface area is 142 Å². The van der Waals surface area contributed by atoms with Crippen molar-refractivity contribution in [1.29, 1.82) is 0 Å². The molecule has 0 spiro atoms. The third-order valence-electron chi connectivity index (χ3n) is 3.76. The van der Waals surface area contributed by atoms with Crippen LogP contribution in [0.3, 0.4) is 0 Å². The second kappa shape index (κ2) is 6.41. The Kier molecular flexibility index (Phi) is 4.31. The number of ketones is 1. The highest BCUT2D eigenvalue weighted by Crippen LogP contribution is 2.32. The molecule has 24 heavy (non-hydrogen) atoms. The largest absolute Gasteiger partial charge is 0.453 e. The van der Waals surface area contributed by atoms with Gasteiger partial charge in [-0.1, -0.05) is 11.6 Å². The minimum Gasteiger partial charge on any atom is -0.453 e. The number of anilines is 1. The van der Waals surface area contributed by atoms with Crippen molar-refractivity contribution >= 4 is 34.9 Å². The van der Waals surface area contributed by atoms with Crippen LogP contribution in [0.5, 0.6) is 0 Å². The van der Waals surface area contributed by atoms with Gasteiger partial charge in [0.05, 0.1) is 5.92 Å². The maximum absolute atomic E-state index is 12.2. The van der Waals surface area contributed by atoms with Gasteiger partial charge in [0, 0.05) is 22.5 Å². The molecule has 7 heteroatoms. The van der Waals surface area contributed by atoms with Crippen LogP contribution in [0.1, 0.15) is 39.3 Å². The summed E-state index contributed by atoms with van der Waals surface area (Å²) in [4.78, 5) is 39.5. The first-order valence-electron chi connectivity index (χ1n) is 7.22. The normalized spacial score (nSPS) is 15.6. The van der Waals surface area contributed by atoms with Crippen LogP contribution in [0.4, 0.5) is 5.69 Å². The Morgan fingerprint density at radius 1 is 1.29 bits per heavy atom. The molecule has 2 heterocycles. The Balaban J connectivity index is 1.68. The predicted octanol–water partition coefficient (Wildman–Crippen LogP) is 2.83. The third kappa shape index (κ3) is 3.14. The van der Waals surface area contributed by atoms with Crippen molar-refractivity contribution < 1.29 is 19.1 Å². The zero-order valence-corrected chi connectivity index (χ0v) is 13.5. The quantitative estimate of drug-likeness (QED) is 0.681. The van der Waals surface area contributed by atoms with Crippen molar-refractivity contribution in [3.05, 3.63) is 58.4 Å². The number of benzene rings is 1. The molecule has 0 fully saturated rings. The van der Waals surface area contributed by atoms with E-state index in [1.165, 1.54) is 18.3 Å². The van der Waals surface area contributed by atoms with Crippen LogP contribution in [0.2, 0.25) is 5.02 Å². The minimum atomic E-state index is -0.725. The number of pyridine rings is 1. The Hall–Kier alpha value is -2.73. The lowest BCUT2D eigenvalue weighted by Gasteiger charge is -2.07.